The van der Waals surface area contributed by atoms with Crippen molar-refractivity contribution in [3.63, 3.8) is 0 Å². The number of rotatable bonds is 11. The molecular formula is C20H25N5O5S. The normalized spacial score (nSPS) is 11.5. The minimum absolute atomic E-state index is 0.107. The van der Waals surface area contributed by atoms with Gasteiger partial charge in [-0.2, -0.15) is 0 Å². The number of H-pyrrole nitrogens is 1. The van der Waals surface area contributed by atoms with Gasteiger partial charge in [-0.3, -0.25) is 4.79 Å². The average molecular weight is 448 g/mol. The quantitative estimate of drug-likeness (QED) is 0.314. The molecule has 166 valence electrons. The van der Waals surface area contributed by atoms with Gasteiger partial charge in [-0.05, 0) is 24.3 Å². The molecular weight excluding hydrogens is 422 g/mol. The third-order valence-corrected chi connectivity index (χ3v) is 5.79. The van der Waals surface area contributed by atoms with Gasteiger partial charge < -0.3 is 25.5 Å². The molecule has 0 aliphatic heterocycles. The number of aliphatic hydroxyl groups excluding tert-OH is 1. The summed E-state index contributed by atoms with van der Waals surface area (Å²) in [5.74, 6) is -0.919. The lowest BCUT2D eigenvalue weighted by molar-refractivity contribution is -0.118. The predicted molar refractivity (Wildman–Crippen MR) is 117 cm³/mol. The smallest absolute Gasteiger partial charge is 0.235 e. The summed E-state index contributed by atoms with van der Waals surface area (Å²) in [6, 6.07) is 9.06. The fourth-order valence-electron chi connectivity index (χ4n) is 2.99. The van der Waals surface area contributed by atoms with Crippen LogP contribution in [0.3, 0.4) is 0 Å². The van der Waals surface area contributed by atoms with E-state index in [-0.39, 0.29) is 25.4 Å². The Morgan fingerprint density at radius 3 is 2.81 bits per heavy atom. The van der Waals surface area contributed by atoms with E-state index in [0.717, 1.165) is 16.5 Å². The van der Waals surface area contributed by atoms with Crippen molar-refractivity contribution in [3.05, 3.63) is 42.2 Å². The van der Waals surface area contributed by atoms with Crippen LogP contribution in [0.1, 0.15) is 5.69 Å². The van der Waals surface area contributed by atoms with Gasteiger partial charge in [-0.25, -0.2) is 18.4 Å². The average Bonchev–Trinajstić information content (AvgIpc) is 3.19. The second-order valence-corrected chi connectivity index (χ2v) is 8.94. The Balaban J connectivity index is 1.84. The van der Waals surface area contributed by atoms with Crippen molar-refractivity contribution in [1.29, 1.82) is 0 Å². The molecule has 1 aromatic carbocycles. The Labute approximate surface area is 180 Å². The van der Waals surface area contributed by atoms with E-state index in [1.54, 1.807) is 0 Å². The summed E-state index contributed by atoms with van der Waals surface area (Å²) in [6.07, 6.45) is 1.82. The Morgan fingerprint density at radius 2 is 2.03 bits per heavy atom. The molecule has 0 atom stereocenters. The topological polar surface area (TPSA) is 146 Å². The summed E-state index contributed by atoms with van der Waals surface area (Å²) >= 11 is 0. The van der Waals surface area contributed by atoms with Gasteiger partial charge in [0.15, 0.2) is 15.7 Å². The number of aromatic amines is 1. The molecule has 0 spiro atoms. The second-order valence-electron chi connectivity index (χ2n) is 6.87. The van der Waals surface area contributed by atoms with Crippen LogP contribution < -0.4 is 10.6 Å². The number of hydrogen-bond donors (Lipinski definition) is 4. The van der Waals surface area contributed by atoms with Crippen LogP contribution in [0.4, 0.5) is 5.82 Å². The first-order valence-corrected chi connectivity index (χ1v) is 11.5. The van der Waals surface area contributed by atoms with Crippen LogP contribution in [0.5, 0.6) is 0 Å². The Kier molecular flexibility index (Phi) is 7.55. The molecule has 11 heteroatoms. The lowest BCUT2D eigenvalue weighted by Crippen LogP contribution is -2.33. The summed E-state index contributed by atoms with van der Waals surface area (Å²) < 4.78 is 29.9. The molecule has 3 aromatic rings. The number of nitrogens with one attached hydrogen (secondary N) is 3. The van der Waals surface area contributed by atoms with Crippen LogP contribution in [-0.4, -0.2) is 73.5 Å². The van der Waals surface area contributed by atoms with Gasteiger partial charge in [0.05, 0.1) is 24.7 Å². The molecule has 10 nitrogen and oxygen atoms in total. The van der Waals surface area contributed by atoms with Gasteiger partial charge >= 0.3 is 0 Å². The number of fused-ring (bicyclic) bond motifs is 1. The SMILES string of the molecule is COCCNC(=O)CS(=O)(=O)Cc1cc(NCCO)nc(-c2ccc3[nH]ccc3c2)n1. The fraction of sp³-hybridized carbons (Fsp3) is 0.350. The number of ether oxygens (including phenoxy) is 1. The van der Waals surface area contributed by atoms with Crippen molar-refractivity contribution in [2.45, 2.75) is 5.75 Å². The number of hydrogen-bond acceptors (Lipinski definition) is 8. The molecule has 0 bridgehead atoms. The number of anilines is 1. The highest BCUT2D eigenvalue weighted by atomic mass is 32.2. The van der Waals surface area contributed by atoms with E-state index in [1.165, 1.54) is 13.2 Å². The van der Waals surface area contributed by atoms with E-state index in [1.807, 2.05) is 30.5 Å². The molecule has 2 aromatic heterocycles. The zero-order chi connectivity index (χ0) is 22.3. The van der Waals surface area contributed by atoms with Gasteiger partial charge in [0.25, 0.3) is 0 Å². The van der Waals surface area contributed by atoms with Gasteiger partial charge in [-0.1, -0.05) is 0 Å². The van der Waals surface area contributed by atoms with Crippen LogP contribution >= 0.6 is 0 Å². The van der Waals surface area contributed by atoms with Gasteiger partial charge in [0.2, 0.25) is 5.91 Å². The lowest BCUT2D eigenvalue weighted by Gasteiger charge is -2.11. The minimum Gasteiger partial charge on any atom is -0.395 e. The summed E-state index contributed by atoms with van der Waals surface area (Å²) in [4.78, 5) is 23.9. The number of nitrogens with zero attached hydrogens (tertiary/aromatic N) is 2. The monoisotopic (exact) mass is 447 g/mol. The zero-order valence-electron chi connectivity index (χ0n) is 17.1. The molecule has 0 unspecified atom stereocenters. The molecule has 3 rings (SSSR count). The highest BCUT2D eigenvalue weighted by Gasteiger charge is 2.19. The van der Waals surface area contributed by atoms with Crippen molar-refractivity contribution in [2.75, 3.05) is 44.5 Å². The van der Waals surface area contributed by atoms with E-state index in [9.17, 15) is 13.2 Å². The highest BCUT2D eigenvalue weighted by molar-refractivity contribution is 7.91. The molecule has 0 saturated heterocycles. The van der Waals surface area contributed by atoms with E-state index < -0.39 is 27.3 Å². The highest BCUT2D eigenvalue weighted by Crippen LogP contribution is 2.23. The molecule has 0 radical (unpaired) electrons. The number of sulfone groups is 1. The van der Waals surface area contributed by atoms with E-state index in [4.69, 9.17) is 9.84 Å². The third-order valence-electron chi connectivity index (χ3n) is 4.36. The Hall–Kier alpha value is -3.02. The fourth-order valence-corrected chi connectivity index (χ4v) is 4.19. The van der Waals surface area contributed by atoms with Gasteiger partial charge in [0.1, 0.15) is 11.6 Å². The number of carbonyl (C=O) groups is 1. The second kappa shape index (κ2) is 10.3. The van der Waals surface area contributed by atoms with Gasteiger partial charge in [-0.15, -0.1) is 0 Å². The van der Waals surface area contributed by atoms with Crippen LogP contribution in [-0.2, 0) is 25.1 Å². The van der Waals surface area contributed by atoms with Crippen molar-refractivity contribution < 1.29 is 23.1 Å². The maximum absolute atomic E-state index is 12.5. The molecule has 0 fully saturated rings. The Morgan fingerprint density at radius 1 is 1.19 bits per heavy atom. The third kappa shape index (κ3) is 6.48. The maximum Gasteiger partial charge on any atom is 0.235 e. The summed E-state index contributed by atoms with van der Waals surface area (Å²) in [6.45, 7) is 0.678. The first-order chi connectivity index (χ1) is 14.9. The Bertz CT molecular complexity index is 1150. The minimum atomic E-state index is -3.76. The van der Waals surface area contributed by atoms with E-state index in [0.29, 0.717) is 18.2 Å². The molecule has 4 N–H and O–H groups in total. The maximum atomic E-state index is 12.5. The van der Waals surface area contributed by atoms with Crippen LogP contribution in [0.15, 0.2) is 36.5 Å². The number of methoxy groups -OCH3 is 1. The molecule has 0 aliphatic carbocycles. The van der Waals surface area contributed by atoms with E-state index >= 15 is 0 Å². The first-order valence-electron chi connectivity index (χ1n) is 9.66. The number of aliphatic hydroxyl groups is 1. The number of benzene rings is 1. The van der Waals surface area contributed by atoms with Crippen LogP contribution in [0.2, 0.25) is 0 Å². The molecule has 0 aliphatic rings. The lowest BCUT2D eigenvalue weighted by atomic mass is 10.1. The van der Waals surface area contributed by atoms with Gasteiger partial charge in [0, 0.05) is 48.9 Å². The standard InChI is InChI=1S/C20H25N5O5S/c1-30-9-7-23-19(27)13-31(28,29)12-16-11-18(22-6-8-26)25-20(24-16)15-2-3-17-14(10-15)4-5-21-17/h2-5,10-11,21,26H,6-9,12-13H2,1H3,(H,23,27)(H,22,24,25). The van der Waals surface area contributed by atoms with Crippen LogP contribution in [0, 0.1) is 0 Å². The molecule has 31 heavy (non-hydrogen) atoms. The summed E-state index contributed by atoms with van der Waals surface area (Å²) in [7, 11) is -2.27. The summed E-state index contributed by atoms with van der Waals surface area (Å²) in [5.41, 5.74) is 1.93. The van der Waals surface area contributed by atoms with E-state index in [2.05, 4.69) is 25.6 Å². The molecule has 2 heterocycles. The van der Waals surface area contributed by atoms with Crippen molar-refractivity contribution in [3.8, 4) is 11.4 Å². The molecule has 1 amide bonds. The van der Waals surface area contributed by atoms with Crippen LogP contribution in [0.25, 0.3) is 22.3 Å². The molecule has 0 saturated carbocycles. The predicted octanol–water partition coefficient (Wildman–Crippen LogP) is 0.707. The number of amides is 1. The largest absolute Gasteiger partial charge is 0.395 e. The van der Waals surface area contributed by atoms with Crippen molar-refractivity contribution in [1.82, 2.24) is 20.3 Å². The van der Waals surface area contributed by atoms with Crippen molar-refractivity contribution >= 4 is 32.5 Å². The number of carbonyl (C=O) groups excluding carboxylic acids is 1. The first kappa shape index (κ1) is 22.7. The van der Waals surface area contributed by atoms with Crippen molar-refractivity contribution in [2.24, 2.45) is 0 Å². The number of aromatic nitrogens is 3. The summed E-state index contributed by atoms with van der Waals surface area (Å²) in [5, 5.41) is 15.5. The zero-order valence-corrected chi connectivity index (χ0v) is 17.9.